The molecule has 3 rings (SSSR count). The van der Waals surface area contributed by atoms with Crippen LogP contribution in [0.2, 0.25) is 0 Å². The van der Waals surface area contributed by atoms with E-state index in [-0.39, 0.29) is 5.82 Å². The minimum atomic E-state index is -0.204. The number of nitrogens with two attached hydrogens (primary N) is 1. The molecule has 0 saturated carbocycles. The summed E-state index contributed by atoms with van der Waals surface area (Å²) in [6.45, 7) is 0.632. The summed E-state index contributed by atoms with van der Waals surface area (Å²) >= 11 is 1.60. The zero-order chi connectivity index (χ0) is 11.8. The number of aryl methyl sites for hydroxylation is 1. The molecule has 2 nitrogen and oxygen atoms in total. The first-order chi connectivity index (χ1) is 8.29. The molecule has 1 heterocycles. The monoisotopic (exact) mass is 248 g/mol. The van der Waals surface area contributed by atoms with Crippen LogP contribution < -0.4 is 5.73 Å². The number of fused-ring (bicyclic) bond motifs is 1. The van der Waals surface area contributed by atoms with Gasteiger partial charge in [0.05, 0.1) is 5.69 Å². The Kier molecular flexibility index (Phi) is 2.68. The van der Waals surface area contributed by atoms with Gasteiger partial charge >= 0.3 is 0 Å². The molecule has 2 N–H and O–H groups in total. The first-order valence-electron chi connectivity index (χ1n) is 5.74. The minimum Gasteiger partial charge on any atom is -0.330 e. The van der Waals surface area contributed by atoms with Gasteiger partial charge in [0.25, 0.3) is 0 Å². The fourth-order valence-electron chi connectivity index (χ4n) is 2.28. The summed E-state index contributed by atoms with van der Waals surface area (Å²) in [5, 5.41) is 0.784. The van der Waals surface area contributed by atoms with Gasteiger partial charge in [-0.05, 0) is 25.0 Å². The van der Waals surface area contributed by atoms with Crippen molar-refractivity contribution in [2.24, 2.45) is 5.73 Å². The lowest BCUT2D eigenvalue weighted by Crippen LogP contribution is -2.09. The molecule has 1 aromatic heterocycles. The normalized spacial score (nSPS) is 18.4. The van der Waals surface area contributed by atoms with Gasteiger partial charge in [0, 0.05) is 22.9 Å². The quantitative estimate of drug-likeness (QED) is 0.887. The molecular weight excluding hydrogens is 235 g/mol. The smallest absolute Gasteiger partial charge is 0.133 e. The molecule has 88 valence electrons. The topological polar surface area (TPSA) is 38.9 Å². The minimum absolute atomic E-state index is 0.204. The second-order valence-electron chi connectivity index (χ2n) is 4.28. The number of halogens is 1. The van der Waals surface area contributed by atoms with Crippen LogP contribution in [-0.2, 0) is 6.42 Å². The van der Waals surface area contributed by atoms with Crippen molar-refractivity contribution in [3.05, 3.63) is 40.7 Å². The van der Waals surface area contributed by atoms with Crippen molar-refractivity contribution >= 4 is 11.3 Å². The maximum atomic E-state index is 13.7. The Bertz CT molecular complexity index is 550. The summed E-state index contributed by atoms with van der Waals surface area (Å²) in [7, 11) is 0. The number of benzene rings is 1. The molecule has 0 radical (unpaired) electrons. The maximum absolute atomic E-state index is 13.7. The highest BCUT2D eigenvalue weighted by Gasteiger charge is 2.26. The summed E-state index contributed by atoms with van der Waals surface area (Å²) < 4.78 is 13.7. The molecular formula is C13H13FN2S. The fraction of sp³-hybridized carbons (Fsp3) is 0.308. The highest BCUT2D eigenvalue weighted by Crippen LogP contribution is 2.39. The van der Waals surface area contributed by atoms with E-state index < -0.39 is 0 Å². The zero-order valence-corrected chi connectivity index (χ0v) is 10.1. The summed E-state index contributed by atoms with van der Waals surface area (Å²) in [5.74, 6) is 0.158. The van der Waals surface area contributed by atoms with Gasteiger partial charge in [-0.1, -0.05) is 12.1 Å². The third-order valence-corrected chi connectivity index (χ3v) is 4.39. The van der Waals surface area contributed by atoms with E-state index in [4.69, 9.17) is 5.73 Å². The zero-order valence-electron chi connectivity index (χ0n) is 9.32. The first-order valence-corrected chi connectivity index (χ1v) is 6.56. The number of hydrogen-bond acceptors (Lipinski definition) is 3. The lowest BCUT2D eigenvalue weighted by molar-refractivity contribution is 0.630. The Hall–Kier alpha value is -1.26. The average Bonchev–Trinajstić information content (AvgIpc) is 2.88. The Balaban J connectivity index is 2.04. The standard InChI is InChI=1S/C13H13FN2S/c14-10-4-2-1-3-9(10)13-16-12-8(7-15)5-6-11(12)17-13/h1-4,8H,5-7,15H2. The van der Waals surface area contributed by atoms with Crippen LogP contribution in [0.15, 0.2) is 24.3 Å². The van der Waals surface area contributed by atoms with E-state index >= 15 is 0 Å². The van der Waals surface area contributed by atoms with Crippen molar-refractivity contribution in [2.45, 2.75) is 18.8 Å². The van der Waals surface area contributed by atoms with Crippen LogP contribution in [0.4, 0.5) is 4.39 Å². The summed E-state index contributed by atoms with van der Waals surface area (Å²) in [6, 6.07) is 6.79. The van der Waals surface area contributed by atoms with E-state index in [0.29, 0.717) is 18.0 Å². The molecule has 1 atom stereocenters. The molecule has 1 aliphatic rings. The van der Waals surface area contributed by atoms with Crippen LogP contribution in [-0.4, -0.2) is 11.5 Å². The van der Waals surface area contributed by atoms with Gasteiger partial charge in [0.2, 0.25) is 0 Å². The van der Waals surface area contributed by atoms with Crippen LogP contribution in [0.25, 0.3) is 10.6 Å². The van der Waals surface area contributed by atoms with Crippen LogP contribution in [0, 0.1) is 5.82 Å². The fourth-order valence-corrected chi connectivity index (χ4v) is 3.47. The van der Waals surface area contributed by atoms with E-state index in [0.717, 1.165) is 23.5 Å². The highest BCUT2D eigenvalue weighted by atomic mass is 32.1. The third kappa shape index (κ3) is 1.77. The van der Waals surface area contributed by atoms with E-state index in [9.17, 15) is 4.39 Å². The molecule has 0 fully saturated rings. The van der Waals surface area contributed by atoms with Gasteiger partial charge in [0.15, 0.2) is 0 Å². The molecule has 4 heteroatoms. The van der Waals surface area contributed by atoms with Crippen molar-refractivity contribution in [1.29, 1.82) is 0 Å². The Morgan fingerprint density at radius 1 is 1.41 bits per heavy atom. The van der Waals surface area contributed by atoms with Crippen LogP contribution in [0.3, 0.4) is 0 Å². The number of thiazole rings is 1. The molecule has 17 heavy (non-hydrogen) atoms. The molecule has 1 aromatic carbocycles. The summed E-state index contributed by atoms with van der Waals surface area (Å²) in [4.78, 5) is 5.85. The van der Waals surface area contributed by atoms with E-state index in [2.05, 4.69) is 4.98 Å². The predicted molar refractivity (Wildman–Crippen MR) is 67.6 cm³/mol. The number of aromatic nitrogens is 1. The molecule has 0 amide bonds. The van der Waals surface area contributed by atoms with Gasteiger partial charge in [-0.3, -0.25) is 0 Å². The van der Waals surface area contributed by atoms with Gasteiger partial charge in [-0.15, -0.1) is 11.3 Å². The van der Waals surface area contributed by atoms with Crippen molar-refractivity contribution in [3.63, 3.8) is 0 Å². The molecule has 0 bridgehead atoms. The first kappa shape index (κ1) is 10.9. The molecule has 0 spiro atoms. The third-order valence-electron chi connectivity index (χ3n) is 3.22. The van der Waals surface area contributed by atoms with E-state index in [1.54, 1.807) is 23.5 Å². The predicted octanol–water partition coefficient (Wildman–Crippen LogP) is 2.94. The van der Waals surface area contributed by atoms with Crippen LogP contribution >= 0.6 is 11.3 Å². The van der Waals surface area contributed by atoms with Crippen molar-refractivity contribution in [3.8, 4) is 10.6 Å². The summed E-state index contributed by atoms with van der Waals surface area (Å²) in [6.07, 6.45) is 2.12. The van der Waals surface area contributed by atoms with E-state index in [1.165, 1.54) is 10.9 Å². The Labute approximate surface area is 103 Å². The number of rotatable bonds is 2. The largest absolute Gasteiger partial charge is 0.330 e. The Morgan fingerprint density at radius 2 is 2.24 bits per heavy atom. The lowest BCUT2D eigenvalue weighted by atomic mass is 10.1. The lowest BCUT2D eigenvalue weighted by Gasteiger charge is -2.04. The van der Waals surface area contributed by atoms with Crippen molar-refractivity contribution < 1.29 is 4.39 Å². The average molecular weight is 248 g/mol. The van der Waals surface area contributed by atoms with Crippen LogP contribution in [0.5, 0.6) is 0 Å². The maximum Gasteiger partial charge on any atom is 0.133 e. The summed E-state index contributed by atoms with van der Waals surface area (Å²) in [5.41, 5.74) is 7.41. The van der Waals surface area contributed by atoms with Crippen molar-refractivity contribution in [2.75, 3.05) is 6.54 Å². The van der Waals surface area contributed by atoms with Crippen LogP contribution in [0.1, 0.15) is 22.9 Å². The van der Waals surface area contributed by atoms with Gasteiger partial charge in [-0.2, -0.15) is 0 Å². The number of hydrogen-bond donors (Lipinski definition) is 1. The SMILES string of the molecule is NCC1CCc2sc(-c3ccccc3F)nc21. The van der Waals surface area contributed by atoms with Gasteiger partial charge in [0.1, 0.15) is 10.8 Å². The highest BCUT2D eigenvalue weighted by molar-refractivity contribution is 7.15. The van der Waals surface area contributed by atoms with Gasteiger partial charge < -0.3 is 5.73 Å². The molecule has 2 aromatic rings. The van der Waals surface area contributed by atoms with Crippen molar-refractivity contribution in [1.82, 2.24) is 4.98 Å². The Morgan fingerprint density at radius 3 is 3.00 bits per heavy atom. The second kappa shape index (κ2) is 4.20. The molecule has 0 saturated heterocycles. The van der Waals surface area contributed by atoms with Gasteiger partial charge in [-0.25, -0.2) is 9.37 Å². The molecule has 1 unspecified atom stereocenters. The molecule has 0 aliphatic heterocycles. The number of nitrogens with zero attached hydrogens (tertiary/aromatic N) is 1. The molecule has 1 aliphatic carbocycles. The second-order valence-corrected chi connectivity index (χ2v) is 5.36. The van der Waals surface area contributed by atoms with E-state index in [1.807, 2.05) is 6.07 Å².